The zero-order valence-electron chi connectivity index (χ0n) is 8.12. The minimum atomic E-state index is -4.40. The monoisotopic (exact) mass is 234 g/mol. The molecule has 1 rings (SSSR count). The highest BCUT2D eigenvalue weighted by atomic mass is 19.4. The molecule has 0 atom stereocenters. The van der Waals surface area contributed by atoms with E-state index in [4.69, 9.17) is 5.11 Å². The molecule has 0 aliphatic carbocycles. The van der Waals surface area contributed by atoms with Crippen molar-refractivity contribution >= 4 is 5.97 Å². The number of hydrogen-bond donors (Lipinski definition) is 1. The normalized spacial score (nSPS) is 11.2. The molecule has 0 aliphatic heterocycles. The highest BCUT2D eigenvalue weighted by molar-refractivity contribution is 5.70. The minimum Gasteiger partial charge on any atom is -0.484 e. The summed E-state index contributed by atoms with van der Waals surface area (Å²) < 4.78 is 40.0. The van der Waals surface area contributed by atoms with Crippen LogP contribution in [0.25, 0.3) is 0 Å². The maximum absolute atomic E-state index is 11.8. The van der Waals surface area contributed by atoms with Crippen LogP contribution in [0.4, 0.5) is 13.2 Å². The maximum Gasteiger partial charge on any atom is 0.422 e. The van der Waals surface area contributed by atoms with E-state index < -0.39 is 18.8 Å². The van der Waals surface area contributed by atoms with Gasteiger partial charge in [0.15, 0.2) is 6.61 Å². The topological polar surface area (TPSA) is 46.5 Å². The first kappa shape index (κ1) is 12.4. The minimum absolute atomic E-state index is 0.0103. The summed E-state index contributed by atoms with van der Waals surface area (Å²) in [5.74, 6) is -1.04. The van der Waals surface area contributed by atoms with Gasteiger partial charge < -0.3 is 9.84 Å². The fourth-order valence-corrected chi connectivity index (χ4v) is 1.09. The van der Waals surface area contributed by atoms with Gasteiger partial charge in [0.2, 0.25) is 0 Å². The molecule has 0 bridgehead atoms. The number of benzene rings is 1. The molecule has 0 aromatic heterocycles. The van der Waals surface area contributed by atoms with Gasteiger partial charge in [-0.2, -0.15) is 13.2 Å². The molecular weight excluding hydrogens is 225 g/mol. The smallest absolute Gasteiger partial charge is 0.422 e. The van der Waals surface area contributed by atoms with Crippen LogP contribution in [0, 0.1) is 0 Å². The van der Waals surface area contributed by atoms with Crippen LogP contribution in [0.5, 0.6) is 5.75 Å². The average Bonchev–Trinajstić information content (AvgIpc) is 2.13. The van der Waals surface area contributed by atoms with Gasteiger partial charge in [-0.25, -0.2) is 0 Å². The van der Waals surface area contributed by atoms with E-state index in [-0.39, 0.29) is 12.2 Å². The summed E-state index contributed by atoms with van der Waals surface area (Å²) in [6, 6.07) is 5.58. The molecule has 0 saturated carbocycles. The molecule has 0 unspecified atom stereocenters. The van der Waals surface area contributed by atoms with Crippen molar-refractivity contribution in [2.75, 3.05) is 6.61 Å². The van der Waals surface area contributed by atoms with Crippen LogP contribution in [0.2, 0.25) is 0 Å². The van der Waals surface area contributed by atoms with Crippen LogP contribution < -0.4 is 4.74 Å². The Morgan fingerprint density at radius 1 is 1.38 bits per heavy atom. The summed E-state index contributed by atoms with van der Waals surface area (Å²) in [5, 5.41) is 8.50. The Labute approximate surface area is 89.5 Å². The van der Waals surface area contributed by atoms with Crippen molar-refractivity contribution < 1.29 is 27.8 Å². The van der Waals surface area contributed by atoms with E-state index in [1.54, 1.807) is 0 Å². The van der Waals surface area contributed by atoms with Gasteiger partial charge in [0.1, 0.15) is 5.75 Å². The molecule has 16 heavy (non-hydrogen) atoms. The third kappa shape index (κ3) is 4.68. The van der Waals surface area contributed by atoms with E-state index >= 15 is 0 Å². The number of carboxylic acids is 1. The number of ether oxygens (including phenoxy) is 1. The van der Waals surface area contributed by atoms with Crippen LogP contribution in [0.3, 0.4) is 0 Å². The van der Waals surface area contributed by atoms with Gasteiger partial charge in [-0.15, -0.1) is 0 Å². The van der Waals surface area contributed by atoms with Gasteiger partial charge in [-0.1, -0.05) is 12.1 Å². The molecule has 0 aliphatic rings. The number of carbonyl (C=O) groups is 1. The van der Waals surface area contributed by atoms with Gasteiger partial charge in [0, 0.05) is 0 Å². The quantitative estimate of drug-likeness (QED) is 0.869. The molecule has 0 spiro atoms. The lowest BCUT2D eigenvalue weighted by Gasteiger charge is -2.09. The number of carboxylic acid groups (broad SMARTS) is 1. The average molecular weight is 234 g/mol. The lowest BCUT2D eigenvalue weighted by atomic mass is 10.1. The Balaban J connectivity index is 2.64. The van der Waals surface area contributed by atoms with E-state index in [1.807, 2.05) is 0 Å². The fraction of sp³-hybridized carbons (Fsp3) is 0.300. The molecule has 1 N–H and O–H groups in total. The van der Waals surface area contributed by atoms with Gasteiger partial charge >= 0.3 is 12.1 Å². The maximum atomic E-state index is 11.8. The second kappa shape index (κ2) is 4.87. The van der Waals surface area contributed by atoms with Crippen molar-refractivity contribution in [2.24, 2.45) is 0 Å². The summed E-state index contributed by atoms with van der Waals surface area (Å²) in [6.45, 7) is -1.39. The predicted molar refractivity (Wildman–Crippen MR) is 49.3 cm³/mol. The second-order valence-corrected chi connectivity index (χ2v) is 3.12. The number of aliphatic carboxylic acids is 1. The van der Waals surface area contributed by atoms with Crippen molar-refractivity contribution in [1.82, 2.24) is 0 Å². The first-order chi connectivity index (χ1) is 7.37. The summed E-state index contributed by atoms with van der Waals surface area (Å²) in [4.78, 5) is 10.4. The molecule has 88 valence electrons. The van der Waals surface area contributed by atoms with Crippen LogP contribution in [-0.2, 0) is 11.2 Å². The van der Waals surface area contributed by atoms with Crippen molar-refractivity contribution in [1.29, 1.82) is 0 Å². The third-order valence-electron chi connectivity index (χ3n) is 1.66. The molecule has 3 nitrogen and oxygen atoms in total. The Kier molecular flexibility index (Phi) is 3.76. The Morgan fingerprint density at radius 2 is 2.06 bits per heavy atom. The van der Waals surface area contributed by atoms with Crippen molar-refractivity contribution in [3.63, 3.8) is 0 Å². The van der Waals surface area contributed by atoms with Gasteiger partial charge in [0.25, 0.3) is 0 Å². The van der Waals surface area contributed by atoms with E-state index in [0.29, 0.717) is 5.56 Å². The highest BCUT2D eigenvalue weighted by Crippen LogP contribution is 2.19. The van der Waals surface area contributed by atoms with Crippen LogP contribution >= 0.6 is 0 Å². The first-order valence-corrected chi connectivity index (χ1v) is 4.37. The zero-order valence-corrected chi connectivity index (χ0v) is 8.12. The molecule has 0 saturated heterocycles. The Morgan fingerprint density at radius 3 is 2.62 bits per heavy atom. The van der Waals surface area contributed by atoms with Crippen LogP contribution in [-0.4, -0.2) is 23.9 Å². The lowest BCUT2D eigenvalue weighted by Crippen LogP contribution is -2.19. The Hall–Kier alpha value is -1.72. The largest absolute Gasteiger partial charge is 0.484 e. The van der Waals surface area contributed by atoms with Gasteiger partial charge in [-0.05, 0) is 17.7 Å². The van der Waals surface area contributed by atoms with E-state index in [9.17, 15) is 18.0 Å². The van der Waals surface area contributed by atoms with Crippen molar-refractivity contribution in [2.45, 2.75) is 12.6 Å². The number of rotatable bonds is 4. The molecule has 6 heteroatoms. The number of hydrogen-bond acceptors (Lipinski definition) is 2. The van der Waals surface area contributed by atoms with Crippen LogP contribution in [0.15, 0.2) is 24.3 Å². The van der Waals surface area contributed by atoms with E-state index in [1.165, 1.54) is 24.3 Å². The number of halogens is 3. The molecule has 0 fully saturated rings. The fourth-order valence-electron chi connectivity index (χ4n) is 1.09. The van der Waals surface area contributed by atoms with E-state index in [2.05, 4.69) is 4.74 Å². The van der Waals surface area contributed by atoms with Gasteiger partial charge in [0.05, 0.1) is 6.42 Å². The summed E-state index contributed by atoms with van der Waals surface area (Å²) in [5.41, 5.74) is 0.396. The molecule has 0 amide bonds. The lowest BCUT2D eigenvalue weighted by molar-refractivity contribution is -0.153. The predicted octanol–water partition coefficient (Wildman–Crippen LogP) is 2.25. The first-order valence-electron chi connectivity index (χ1n) is 4.37. The summed E-state index contributed by atoms with van der Waals surface area (Å²) >= 11 is 0. The molecule has 1 aromatic rings. The van der Waals surface area contributed by atoms with Crippen LogP contribution in [0.1, 0.15) is 5.56 Å². The highest BCUT2D eigenvalue weighted by Gasteiger charge is 2.28. The van der Waals surface area contributed by atoms with Crippen molar-refractivity contribution in [3.8, 4) is 5.75 Å². The third-order valence-corrected chi connectivity index (χ3v) is 1.66. The molecule has 0 heterocycles. The SMILES string of the molecule is O=C(O)Cc1cccc(OCC(F)(F)F)c1. The summed E-state index contributed by atoms with van der Waals surface area (Å²) in [7, 11) is 0. The number of alkyl halides is 3. The molecule has 0 radical (unpaired) electrons. The van der Waals surface area contributed by atoms with Crippen molar-refractivity contribution in [3.05, 3.63) is 29.8 Å². The standard InChI is InChI=1S/C10H9F3O3/c11-10(12,13)6-16-8-3-1-2-7(4-8)5-9(14)15/h1-4H,5-6H2,(H,14,15). The van der Waals surface area contributed by atoms with Gasteiger partial charge in [-0.3, -0.25) is 4.79 Å². The molecule has 1 aromatic carbocycles. The molecular formula is C10H9F3O3. The second-order valence-electron chi connectivity index (χ2n) is 3.12. The Bertz CT molecular complexity index is 374. The summed E-state index contributed by atoms with van der Waals surface area (Å²) in [6.07, 6.45) is -4.65. The zero-order chi connectivity index (χ0) is 12.2. The van der Waals surface area contributed by atoms with E-state index in [0.717, 1.165) is 0 Å².